The van der Waals surface area contributed by atoms with Gasteiger partial charge in [0.2, 0.25) is 0 Å². The molecule has 6 nitrogen and oxygen atoms in total. The molecule has 0 saturated heterocycles. The monoisotopic (exact) mass is 492 g/mol. The van der Waals surface area contributed by atoms with Crippen molar-refractivity contribution in [2.75, 3.05) is 23.3 Å². The molecule has 0 aliphatic carbocycles. The molecule has 0 atom stereocenters. The molecule has 3 aromatic rings. The number of hydrogen-bond donors (Lipinski definition) is 1. The molecule has 1 aliphatic rings. The van der Waals surface area contributed by atoms with E-state index in [1.807, 2.05) is 42.5 Å². The standard InChI is InChI=1S/C28H32N2O4S/c1-18(2)22-10-8-11-23(19(3)4)27(22)29-28(31)24-17-21(13-14-26(24)34-5)35(32,33)30-16-15-20-9-6-7-12-25(20)30/h6-14,17-19H,15-16H2,1-5H3,(H,29,31). The summed E-state index contributed by atoms with van der Waals surface area (Å²) in [6.07, 6.45) is 0.656. The van der Waals surface area contributed by atoms with E-state index in [1.165, 1.54) is 23.5 Å². The molecule has 3 aromatic carbocycles. The summed E-state index contributed by atoms with van der Waals surface area (Å²) < 4.78 is 34.0. The zero-order chi connectivity index (χ0) is 25.3. The predicted octanol–water partition coefficient (Wildman–Crippen LogP) is 5.95. The smallest absolute Gasteiger partial charge is 0.264 e. The normalized spacial score (nSPS) is 13.3. The predicted molar refractivity (Wildman–Crippen MR) is 140 cm³/mol. The number of ether oxygens (including phenoxy) is 1. The molecule has 1 N–H and O–H groups in total. The van der Waals surface area contributed by atoms with Gasteiger partial charge in [-0.15, -0.1) is 0 Å². The molecule has 7 heteroatoms. The molecule has 184 valence electrons. The second-order valence-electron chi connectivity index (χ2n) is 9.39. The highest BCUT2D eigenvalue weighted by Crippen LogP contribution is 2.36. The molecule has 0 fully saturated rings. The van der Waals surface area contributed by atoms with Crippen LogP contribution in [0.1, 0.15) is 66.6 Å². The number of carbonyl (C=O) groups excluding carboxylic acids is 1. The first-order chi connectivity index (χ1) is 16.6. The second-order valence-corrected chi connectivity index (χ2v) is 11.3. The molecule has 35 heavy (non-hydrogen) atoms. The van der Waals surface area contributed by atoms with Gasteiger partial charge in [0.25, 0.3) is 15.9 Å². The number of fused-ring (bicyclic) bond motifs is 1. The number of anilines is 2. The largest absolute Gasteiger partial charge is 0.496 e. The van der Waals surface area contributed by atoms with Gasteiger partial charge in [0, 0.05) is 12.2 Å². The molecule has 0 aromatic heterocycles. The van der Waals surface area contributed by atoms with E-state index in [1.54, 1.807) is 6.07 Å². The maximum Gasteiger partial charge on any atom is 0.264 e. The Morgan fingerprint density at radius 3 is 2.23 bits per heavy atom. The van der Waals surface area contributed by atoms with Crippen LogP contribution in [-0.2, 0) is 16.4 Å². The average Bonchev–Trinajstić information content (AvgIpc) is 3.28. The van der Waals surface area contributed by atoms with Crippen LogP contribution in [-0.4, -0.2) is 28.0 Å². The van der Waals surface area contributed by atoms with E-state index in [0.29, 0.717) is 24.4 Å². The van der Waals surface area contributed by atoms with Gasteiger partial charge >= 0.3 is 0 Å². The number of benzene rings is 3. The highest BCUT2D eigenvalue weighted by atomic mass is 32.2. The SMILES string of the molecule is COc1ccc(S(=O)(=O)N2CCc3ccccc32)cc1C(=O)Nc1c(C(C)C)cccc1C(C)C. The summed E-state index contributed by atoms with van der Waals surface area (Å²) in [6.45, 7) is 8.69. The number of nitrogens with one attached hydrogen (secondary N) is 1. The maximum atomic E-state index is 13.6. The van der Waals surface area contributed by atoms with Crippen LogP contribution >= 0.6 is 0 Å². The van der Waals surface area contributed by atoms with E-state index in [2.05, 4.69) is 33.0 Å². The molecule has 1 heterocycles. The van der Waals surface area contributed by atoms with Gasteiger partial charge in [0.15, 0.2) is 0 Å². The third-order valence-corrected chi connectivity index (χ3v) is 8.27. The number of carbonyl (C=O) groups is 1. The van der Waals surface area contributed by atoms with Crippen molar-refractivity contribution in [2.24, 2.45) is 0 Å². The van der Waals surface area contributed by atoms with Crippen LogP contribution < -0.4 is 14.4 Å². The lowest BCUT2D eigenvalue weighted by Gasteiger charge is -2.22. The van der Waals surface area contributed by atoms with Gasteiger partial charge < -0.3 is 10.1 Å². The Morgan fingerprint density at radius 1 is 0.943 bits per heavy atom. The minimum Gasteiger partial charge on any atom is -0.496 e. The number of rotatable bonds is 7. The topological polar surface area (TPSA) is 75.7 Å². The first-order valence-electron chi connectivity index (χ1n) is 11.9. The van der Waals surface area contributed by atoms with Crippen molar-refractivity contribution in [3.05, 3.63) is 82.9 Å². The molecule has 0 radical (unpaired) electrons. The number of para-hydroxylation sites is 2. The Bertz CT molecular complexity index is 1340. The van der Waals surface area contributed by atoms with E-state index < -0.39 is 15.9 Å². The van der Waals surface area contributed by atoms with Crippen LogP contribution in [0.25, 0.3) is 0 Å². The molecule has 1 amide bonds. The van der Waals surface area contributed by atoms with Gasteiger partial charge in [-0.1, -0.05) is 64.1 Å². The lowest BCUT2D eigenvalue weighted by atomic mass is 9.92. The van der Waals surface area contributed by atoms with Crippen LogP contribution in [0.2, 0.25) is 0 Å². The third-order valence-electron chi connectivity index (χ3n) is 6.46. The zero-order valence-electron chi connectivity index (χ0n) is 20.8. The highest BCUT2D eigenvalue weighted by molar-refractivity contribution is 7.92. The van der Waals surface area contributed by atoms with E-state index in [-0.39, 0.29) is 22.3 Å². The van der Waals surface area contributed by atoms with Gasteiger partial charge in [0.1, 0.15) is 5.75 Å². The number of amides is 1. The van der Waals surface area contributed by atoms with Crippen molar-refractivity contribution in [1.29, 1.82) is 0 Å². The Kier molecular flexibility index (Phi) is 6.90. The number of nitrogens with zero attached hydrogens (tertiary/aromatic N) is 1. The minimum atomic E-state index is -3.85. The Hall–Kier alpha value is -3.32. The maximum absolute atomic E-state index is 13.6. The summed E-state index contributed by atoms with van der Waals surface area (Å²) in [5, 5.41) is 3.07. The number of sulfonamides is 1. The summed E-state index contributed by atoms with van der Waals surface area (Å²) in [6, 6.07) is 18.0. The van der Waals surface area contributed by atoms with Gasteiger partial charge in [-0.3, -0.25) is 9.10 Å². The quantitative estimate of drug-likeness (QED) is 0.442. The van der Waals surface area contributed by atoms with Crippen LogP contribution in [0.15, 0.2) is 65.6 Å². The summed E-state index contributed by atoms with van der Waals surface area (Å²) in [5.74, 6) is 0.313. The summed E-state index contributed by atoms with van der Waals surface area (Å²) in [5.41, 5.74) is 4.68. The fraction of sp³-hybridized carbons (Fsp3) is 0.321. The van der Waals surface area contributed by atoms with E-state index in [0.717, 1.165) is 22.4 Å². The number of hydrogen-bond acceptors (Lipinski definition) is 4. The zero-order valence-corrected chi connectivity index (χ0v) is 21.6. The minimum absolute atomic E-state index is 0.0568. The molecular weight excluding hydrogens is 460 g/mol. The Morgan fingerprint density at radius 2 is 1.60 bits per heavy atom. The molecule has 0 spiro atoms. The van der Waals surface area contributed by atoms with Crippen molar-refractivity contribution >= 4 is 27.3 Å². The van der Waals surface area contributed by atoms with Crippen LogP contribution in [0.3, 0.4) is 0 Å². The van der Waals surface area contributed by atoms with E-state index in [9.17, 15) is 13.2 Å². The Labute approximate surface area is 208 Å². The lowest BCUT2D eigenvalue weighted by molar-refractivity contribution is 0.102. The summed E-state index contributed by atoms with van der Waals surface area (Å²) in [4.78, 5) is 13.6. The van der Waals surface area contributed by atoms with Crippen molar-refractivity contribution in [3.8, 4) is 5.75 Å². The van der Waals surface area contributed by atoms with Gasteiger partial charge in [0.05, 0.1) is 23.3 Å². The number of methoxy groups -OCH3 is 1. The Balaban J connectivity index is 1.74. The molecule has 4 rings (SSSR count). The third kappa shape index (κ3) is 4.65. The molecule has 1 aliphatic heterocycles. The molecular formula is C28H32N2O4S. The summed E-state index contributed by atoms with van der Waals surface area (Å²) >= 11 is 0. The van der Waals surface area contributed by atoms with Crippen LogP contribution in [0, 0.1) is 0 Å². The highest BCUT2D eigenvalue weighted by Gasteiger charge is 2.32. The molecule has 0 unspecified atom stereocenters. The molecule has 0 saturated carbocycles. The average molecular weight is 493 g/mol. The first-order valence-corrected chi connectivity index (χ1v) is 13.3. The van der Waals surface area contributed by atoms with Crippen molar-refractivity contribution in [1.82, 2.24) is 0 Å². The van der Waals surface area contributed by atoms with Gasteiger partial charge in [-0.2, -0.15) is 0 Å². The van der Waals surface area contributed by atoms with Crippen molar-refractivity contribution in [2.45, 2.75) is 50.8 Å². The van der Waals surface area contributed by atoms with Crippen LogP contribution in [0.4, 0.5) is 11.4 Å². The fourth-order valence-electron chi connectivity index (χ4n) is 4.59. The van der Waals surface area contributed by atoms with Gasteiger partial charge in [-0.25, -0.2) is 8.42 Å². The van der Waals surface area contributed by atoms with Crippen LogP contribution in [0.5, 0.6) is 5.75 Å². The first kappa shape index (κ1) is 24.8. The summed E-state index contributed by atoms with van der Waals surface area (Å²) in [7, 11) is -2.38. The molecule has 0 bridgehead atoms. The van der Waals surface area contributed by atoms with E-state index in [4.69, 9.17) is 4.74 Å². The van der Waals surface area contributed by atoms with E-state index >= 15 is 0 Å². The van der Waals surface area contributed by atoms with Gasteiger partial charge in [-0.05, 0) is 59.2 Å². The lowest BCUT2D eigenvalue weighted by Crippen LogP contribution is -2.29. The second kappa shape index (κ2) is 9.74. The van der Waals surface area contributed by atoms with Crippen molar-refractivity contribution in [3.63, 3.8) is 0 Å². The van der Waals surface area contributed by atoms with Crippen molar-refractivity contribution < 1.29 is 17.9 Å². The fourth-order valence-corrected chi connectivity index (χ4v) is 6.12.